The van der Waals surface area contributed by atoms with Crippen molar-refractivity contribution in [3.05, 3.63) is 12.5 Å². The largest absolute Gasteiger partial charge is 0.317 e. The van der Waals surface area contributed by atoms with Crippen LogP contribution in [-0.2, 0) is 11.3 Å². The lowest BCUT2D eigenvalue weighted by atomic mass is 10.7. The van der Waals surface area contributed by atoms with Crippen molar-refractivity contribution in [1.29, 1.82) is 0 Å². The van der Waals surface area contributed by atoms with E-state index in [0.717, 1.165) is 5.03 Å². The fraction of sp³-hybridized carbons (Fsp3) is 0.200. The van der Waals surface area contributed by atoms with Crippen LogP contribution in [0.25, 0.3) is 0 Å². The van der Waals surface area contributed by atoms with E-state index in [0.29, 0.717) is 6.54 Å². The van der Waals surface area contributed by atoms with Crippen LogP contribution < -0.4 is 0 Å². The van der Waals surface area contributed by atoms with Crippen LogP contribution in [-0.4, -0.2) is 14.7 Å². The van der Waals surface area contributed by atoms with Gasteiger partial charge in [-0.1, -0.05) is 0 Å². The van der Waals surface area contributed by atoms with Crippen molar-refractivity contribution >= 4 is 16.9 Å². The number of fused-ring (bicyclic) bond motifs is 1. The van der Waals surface area contributed by atoms with E-state index in [4.69, 9.17) is 0 Å². The molecule has 0 bridgehead atoms. The smallest absolute Gasteiger partial charge is 0.214 e. The molecule has 0 unspecified atom stereocenters. The molecule has 0 fully saturated rings. The number of nitrogens with zero attached hydrogens (tertiary/aromatic N) is 2. The summed E-state index contributed by atoms with van der Waals surface area (Å²) in [6.07, 6.45) is 3.38. The Morgan fingerprint density at radius 3 is 3.44 bits per heavy atom. The highest BCUT2D eigenvalue weighted by Crippen LogP contribution is 2.25. The van der Waals surface area contributed by atoms with Crippen LogP contribution in [0.3, 0.4) is 0 Å². The minimum absolute atomic E-state index is 0.201. The van der Waals surface area contributed by atoms with E-state index in [1.165, 1.54) is 11.8 Å². The Balaban J connectivity index is 2.49. The molecular weight excluding hydrogens is 136 g/mol. The zero-order valence-corrected chi connectivity index (χ0v) is 5.39. The lowest BCUT2D eigenvalue weighted by Crippen LogP contribution is -1.94. The number of carbonyl (C=O) groups excluding carboxylic acids is 1. The molecule has 1 aromatic rings. The maximum Gasteiger partial charge on any atom is 0.214 e. The highest BCUT2D eigenvalue weighted by molar-refractivity contribution is 8.13. The van der Waals surface area contributed by atoms with Crippen molar-refractivity contribution in [2.24, 2.45) is 0 Å². The van der Waals surface area contributed by atoms with Gasteiger partial charge in [0.05, 0.1) is 19.1 Å². The fourth-order valence-corrected chi connectivity index (χ4v) is 1.58. The van der Waals surface area contributed by atoms with Gasteiger partial charge < -0.3 is 4.57 Å². The van der Waals surface area contributed by atoms with Crippen LogP contribution in [0, 0.1) is 0 Å². The molecule has 0 aliphatic carbocycles. The molecule has 0 saturated carbocycles. The number of aromatic nitrogens is 2. The minimum Gasteiger partial charge on any atom is -0.317 e. The first kappa shape index (κ1) is 5.05. The quantitative estimate of drug-likeness (QED) is 0.526. The van der Waals surface area contributed by atoms with Gasteiger partial charge in [0.1, 0.15) is 5.03 Å². The first-order chi connectivity index (χ1) is 4.36. The van der Waals surface area contributed by atoms with Gasteiger partial charge in [-0.15, -0.1) is 0 Å². The van der Waals surface area contributed by atoms with Gasteiger partial charge in [-0.2, -0.15) is 0 Å². The molecule has 0 radical (unpaired) electrons. The second-order valence-corrected chi connectivity index (χ2v) is 2.91. The van der Waals surface area contributed by atoms with Crippen LogP contribution in [0.15, 0.2) is 17.6 Å². The van der Waals surface area contributed by atoms with Gasteiger partial charge in [-0.3, -0.25) is 4.79 Å². The molecule has 1 aliphatic heterocycles. The van der Waals surface area contributed by atoms with E-state index in [1.54, 1.807) is 12.5 Å². The molecule has 2 heterocycles. The highest BCUT2D eigenvalue weighted by Gasteiger charge is 2.17. The molecule has 4 heteroatoms. The molecule has 0 atom stereocenters. The number of imidazole rings is 1. The Bertz CT molecular complexity index is 233. The predicted octanol–water partition coefficient (Wildman–Crippen LogP) is 0.515. The predicted molar refractivity (Wildman–Crippen MR) is 33.1 cm³/mol. The zero-order valence-electron chi connectivity index (χ0n) is 4.57. The average Bonchev–Trinajstić information content (AvgIpc) is 2.22. The van der Waals surface area contributed by atoms with Gasteiger partial charge in [0, 0.05) is 0 Å². The lowest BCUT2D eigenvalue weighted by molar-refractivity contribution is -0.111. The van der Waals surface area contributed by atoms with Crippen molar-refractivity contribution in [2.75, 3.05) is 0 Å². The van der Waals surface area contributed by atoms with Crippen molar-refractivity contribution in [2.45, 2.75) is 11.6 Å². The van der Waals surface area contributed by atoms with E-state index in [1.807, 2.05) is 4.57 Å². The Kier molecular flexibility index (Phi) is 0.900. The molecule has 46 valence electrons. The molecule has 0 amide bonds. The van der Waals surface area contributed by atoms with Crippen LogP contribution in [0.2, 0.25) is 0 Å². The molecule has 0 aromatic carbocycles. The minimum atomic E-state index is 0.201. The molecule has 2 rings (SSSR count). The van der Waals surface area contributed by atoms with E-state index >= 15 is 0 Å². The van der Waals surface area contributed by atoms with Crippen LogP contribution in [0.5, 0.6) is 0 Å². The first-order valence-corrected chi connectivity index (χ1v) is 3.39. The lowest BCUT2D eigenvalue weighted by Gasteiger charge is -1.85. The fourth-order valence-electron chi connectivity index (χ4n) is 0.800. The molecule has 1 aliphatic rings. The summed E-state index contributed by atoms with van der Waals surface area (Å²) >= 11 is 1.26. The number of hydrogen-bond acceptors (Lipinski definition) is 3. The van der Waals surface area contributed by atoms with Gasteiger partial charge in [-0.25, -0.2) is 4.98 Å². The summed E-state index contributed by atoms with van der Waals surface area (Å²) in [6.45, 7) is 0.486. The zero-order chi connectivity index (χ0) is 6.27. The summed E-state index contributed by atoms with van der Waals surface area (Å²) < 4.78 is 1.84. The topological polar surface area (TPSA) is 34.9 Å². The van der Waals surface area contributed by atoms with E-state index in [2.05, 4.69) is 4.98 Å². The summed E-state index contributed by atoms with van der Waals surface area (Å²) in [7, 11) is 0. The summed E-state index contributed by atoms with van der Waals surface area (Å²) in [5.74, 6) is 0. The third-order valence-corrected chi connectivity index (χ3v) is 2.10. The second kappa shape index (κ2) is 1.60. The number of rotatable bonds is 0. The monoisotopic (exact) mass is 140 g/mol. The van der Waals surface area contributed by atoms with Gasteiger partial charge >= 0.3 is 0 Å². The van der Waals surface area contributed by atoms with Gasteiger partial charge in [0.25, 0.3) is 0 Å². The second-order valence-electron chi connectivity index (χ2n) is 1.83. The van der Waals surface area contributed by atoms with Crippen LogP contribution in [0.1, 0.15) is 0 Å². The van der Waals surface area contributed by atoms with E-state index in [-0.39, 0.29) is 5.12 Å². The summed E-state index contributed by atoms with van der Waals surface area (Å²) in [5, 5.41) is 1.16. The third-order valence-electron chi connectivity index (χ3n) is 1.19. The molecular formula is C5H4N2OS. The van der Waals surface area contributed by atoms with Crippen LogP contribution in [0.4, 0.5) is 0 Å². The number of carbonyl (C=O) groups is 1. The van der Waals surface area contributed by atoms with Crippen LogP contribution >= 0.6 is 11.8 Å². The highest BCUT2D eigenvalue weighted by atomic mass is 32.2. The maximum absolute atomic E-state index is 10.7. The standard InChI is InChI=1S/C5H4N2OS/c8-5-2-7-3-6-1-4(7)9-5/h1,3H,2H2. The van der Waals surface area contributed by atoms with E-state index < -0.39 is 0 Å². The third kappa shape index (κ3) is 0.666. The Labute approximate surface area is 56.1 Å². The van der Waals surface area contributed by atoms with Crippen molar-refractivity contribution in [1.82, 2.24) is 9.55 Å². The van der Waals surface area contributed by atoms with Gasteiger partial charge in [0.15, 0.2) is 0 Å². The molecule has 0 N–H and O–H groups in total. The normalized spacial score (nSPS) is 16.2. The Hall–Kier alpha value is -0.770. The number of thioether (sulfide) groups is 1. The van der Waals surface area contributed by atoms with Crippen molar-refractivity contribution < 1.29 is 4.79 Å². The summed E-state index contributed by atoms with van der Waals surface area (Å²) in [4.78, 5) is 14.5. The average molecular weight is 140 g/mol. The number of hydrogen-bond donors (Lipinski definition) is 0. The van der Waals surface area contributed by atoms with Gasteiger partial charge in [0.2, 0.25) is 5.12 Å². The first-order valence-electron chi connectivity index (χ1n) is 2.57. The van der Waals surface area contributed by atoms with Gasteiger partial charge in [-0.05, 0) is 11.8 Å². The van der Waals surface area contributed by atoms with E-state index in [9.17, 15) is 4.79 Å². The molecule has 0 spiro atoms. The molecule has 0 saturated heterocycles. The Morgan fingerprint density at radius 2 is 2.67 bits per heavy atom. The maximum atomic E-state index is 10.7. The molecule has 9 heavy (non-hydrogen) atoms. The SMILES string of the molecule is O=C1Cn2cncc2S1. The van der Waals surface area contributed by atoms with Crippen molar-refractivity contribution in [3.8, 4) is 0 Å². The summed E-state index contributed by atoms with van der Waals surface area (Å²) in [6, 6.07) is 0. The molecule has 3 nitrogen and oxygen atoms in total. The Morgan fingerprint density at radius 1 is 1.78 bits per heavy atom. The van der Waals surface area contributed by atoms with Crippen molar-refractivity contribution in [3.63, 3.8) is 0 Å². The summed E-state index contributed by atoms with van der Waals surface area (Å²) in [5.41, 5.74) is 0. The molecule has 1 aromatic heterocycles.